The Balaban J connectivity index is 2.06. The quantitative estimate of drug-likeness (QED) is 0.541. The Morgan fingerprint density at radius 2 is 1.81 bits per heavy atom. The van der Waals surface area contributed by atoms with Gasteiger partial charge in [0.25, 0.3) is 0 Å². The number of halogens is 2. The van der Waals surface area contributed by atoms with Crippen LogP contribution >= 0.6 is 23.2 Å². The van der Waals surface area contributed by atoms with Gasteiger partial charge in [0.15, 0.2) is 11.5 Å². The maximum Gasteiger partial charge on any atom is 0.180 e. The summed E-state index contributed by atoms with van der Waals surface area (Å²) in [5, 5.41) is 7.75. The van der Waals surface area contributed by atoms with Gasteiger partial charge in [-0.1, -0.05) is 41.4 Å². The Labute approximate surface area is 165 Å². The third-order valence-electron chi connectivity index (χ3n) is 3.81. The van der Waals surface area contributed by atoms with Crippen molar-refractivity contribution in [1.82, 2.24) is 10.6 Å². The van der Waals surface area contributed by atoms with E-state index in [4.69, 9.17) is 32.7 Å². The van der Waals surface area contributed by atoms with Gasteiger partial charge in [0, 0.05) is 17.1 Å². The lowest BCUT2D eigenvalue weighted by molar-refractivity contribution is 0.269. The molecule has 0 aliphatic carbocycles. The van der Waals surface area contributed by atoms with E-state index in [0.29, 0.717) is 34.8 Å². The molecule has 0 amide bonds. The number of nitrogens with one attached hydrogen (secondary N) is 2. The van der Waals surface area contributed by atoms with Crippen LogP contribution in [0, 0.1) is 0 Å². The average Bonchev–Trinajstić information content (AvgIpc) is 2.62. The van der Waals surface area contributed by atoms with Crippen molar-refractivity contribution in [2.75, 3.05) is 26.7 Å². The first-order valence-electron chi connectivity index (χ1n) is 8.82. The topological polar surface area (TPSA) is 42.5 Å². The molecule has 0 saturated heterocycles. The van der Waals surface area contributed by atoms with E-state index in [1.165, 1.54) is 0 Å². The molecule has 0 heterocycles. The molecule has 4 nitrogen and oxygen atoms in total. The molecule has 0 aliphatic rings. The zero-order valence-electron chi connectivity index (χ0n) is 15.3. The molecule has 2 rings (SSSR count). The molecule has 2 aromatic rings. The minimum atomic E-state index is 0.334. The molecule has 0 fully saturated rings. The summed E-state index contributed by atoms with van der Waals surface area (Å²) in [5.74, 6) is 1.20. The molecule has 0 saturated carbocycles. The SMILES string of the molecule is CCOc1cc(CNCCCNC)cc(Cl)c1OCc1ccccc1Cl. The van der Waals surface area contributed by atoms with Crippen LogP contribution < -0.4 is 20.1 Å². The van der Waals surface area contributed by atoms with E-state index in [-0.39, 0.29) is 0 Å². The Morgan fingerprint density at radius 1 is 1.00 bits per heavy atom. The molecule has 2 aromatic carbocycles. The predicted octanol–water partition coefficient (Wildman–Crippen LogP) is 4.67. The van der Waals surface area contributed by atoms with Crippen molar-refractivity contribution in [1.29, 1.82) is 0 Å². The molecule has 0 unspecified atom stereocenters. The number of hydrogen-bond donors (Lipinski definition) is 2. The van der Waals surface area contributed by atoms with Crippen molar-refractivity contribution < 1.29 is 9.47 Å². The van der Waals surface area contributed by atoms with E-state index in [9.17, 15) is 0 Å². The first-order valence-corrected chi connectivity index (χ1v) is 9.58. The van der Waals surface area contributed by atoms with Crippen LogP contribution in [-0.4, -0.2) is 26.7 Å². The summed E-state index contributed by atoms with van der Waals surface area (Å²) in [6.07, 6.45) is 1.07. The van der Waals surface area contributed by atoms with Gasteiger partial charge in [0.2, 0.25) is 0 Å². The molecule has 142 valence electrons. The minimum Gasteiger partial charge on any atom is -0.490 e. The van der Waals surface area contributed by atoms with Crippen molar-refractivity contribution in [3.63, 3.8) is 0 Å². The van der Waals surface area contributed by atoms with Crippen LogP contribution in [0.2, 0.25) is 10.0 Å². The maximum absolute atomic E-state index is 6.46. The third-order valence-corrected chi connectivity index (χ3v) is 4.46. The number of hydrogen-bond acceptors (Lipinski definition) is 4. The highest BCUT2D eigenvalue weighted by molar-refractivity contribution is 6.32. The Kier molecular flexibility index (Phi) is 9.06. The Bertz CT molecular complexity index is 696. The molecule has 26 heavy (non-hydrogen) atoms. The lowest BCUT2D eigenvalue weighted by Gasteiger charge is -2.16. The van der Waals surface area contributed by atoms with Gasteiger partial charge < -0.3 is 20.1 Å². The van der Waals surface area contributed by atoms with Gasteiger partial charge in [-0.05, 0) is 57.2 Å². The van der Waals surface area contributed by atoms with Crippen molar-refractivity contribution in [2.45, 2.75) is 26.5 Å². The predicted molar refractivity (Wildman–Crippen MR) is 109 cm³/mol. The van der Waals surface area contributed by atoms with Crippen LogP contribution in [0.25, 0.3) is 0 Å². The van der Waals surface area contributed by atoms with Crippen LogP contribution in [0.3, 0.4) is 0 Å². The van der Waals surface area contributed by atoms with E-state index in [1.807, 2.05) is 50.4 Å². The molecular weight excluding hydrogens is 371 g/mol. The molecule has 0 aromatic heterocycles. The highest BCUT2D eigenvalue weighted by atomic mass is 35.5. The lowest BCUT2D eigenvalue weighted by atomic mass is 10.2. The lowest BCUT2D eigenvalue weighted by Crippen LogP contribution is -2.19. The van der Waals surface area contributed by atoms with Gasteiger partial charge in [-0.25, -0.2) is 0 Å². The van der Waals surface area contributed by atoms with Crippen LogP contribution in [0.1, 0.15) is 24.5 Å². The van der Waals surface area contributed by atoms with E-state index in [2.05, 4.69) is 10.6 Å². The molecule has 2 N–H and O–H groups in total. The number of ether oxygens (including phenoxy) is 2. The smallest absolute Gasteiger partial charge is 0.180 e. The van der Waals surface area contributed by atoms with E-state index >= 15 is 0 Å². The first kappa shape index (κ1) is 20.8. The van der Waals surface area contributed by atoms with E-state index < -0.39 is 0 Å². The highest BCUT2D eigenvalue weighted by Crippen LogP contribution is 2.37. The fourth-order valence-corrected chi connectivity index (χ4v) is 2.99. The average molecular weight is 397 g/mol. The maximum atomic E-state index is 6.46. The summed E-state index contributed by atoms with van der Waals surface area (Å²) in [4.78, 5) is 0. The largest absolute Gasteiger partial charge is 0.490 e. The second-order valence-corrected chi connectivity index (χ2v) is 6.67. The van der Waals surface area contributed by atoms with Crippen LogP contribution in [-0.2, 0) is 13.2 Å². The molecule has 0 atom stereocenters. The molecule has 0 spiro atoms. The molecule has 0 aliphatic heterocycles. The normalized spacial score (nSPS) is 10.8. The molecule has 0 radical (unpaired) electrons. The number of rotatable bonds is 11. The van der Waals surface area contributed by atoms with Gasteiger partial charge in [0.05, 0.1) is 11.6 Å². The zero-order chi connectivity index (χ0) is 18.8. The van der Waals surface area contributed by atoms with Crippen LogP contribution in [0.4, 0.5) is 0 Å². The van der Waals surface area contributed by atoms with Gasteiger partial charge in [-0.3, -0.25) is 0 Å². The fourth-order valence-electron chi connectivity index (χ4n) is 2.51. The first-order chi connectivity index (χ1) is 12.7. The minimum absolute atomic E-state index is 0.334. The van der Waals surface area contributed by atoms with Crippen molar-refractivity contribution in [2.24, 2.45) is 0 Å². The molecule has 0 bridgehead atoms. The summed E-state index contributed by atoms with van der Waals surface area (Å²) in [7, 11) is 1.95. The van der Waals surface area contributed by atoms with Gasteiger partial charge in [-0.15, -0.1) is 0 Å². The van der Waals surface area contributed by atoms with E-state index in [0.717, 1.165) is 37.2 Å². The van der Waals surface area contributed by atoms with Crippen LogP contribution in [0.15, 0.2) is 36.4 Å². The van der Waals surface area contributed by atoms with Gasteiger partial charge in [-0.2, -0.15) is 0 Å². The highest BCUT2D eigenvalue weighted by Gasteiger charge is 2.13. The molecular formula is C20H26Cl2N2O2. The second kappa shape index (κ2) is 11.3. The summed E-state index contributed by atoms with van der Waals surface area (Å²) in [6.45, 7) is 5.47. The Morgan fingerprint density at radius 3 is 2.54 bits per heavy atom. The molecule has 6 heteroatoms. The Hall–Kier alpha value is -1.46. The van der Waals surface area contributed by atoms with Crippen molar-refractivity contribution in [3.8, 4) is 11.5 Å². The monoisotopic (exact) mass is 396 g/mol. The van der Waals surface area contributed by atoms with Crippen LogP contribution in [0.5, 0.6) is 11.5 Å². The second-order valence-electron chi connectivity index (χ2n) is 5.85. The summed E-state index contributed by atoms with van der Waals surface area (Å²) < 4.78 is 11.7. The third kappa shape index (κ3) is 6.36. The van der Waals surface area contributed by atoms with Gasteiger partial charge >= 0.3 is 0 Å². The van der Waals surface area contributed by atoms with Crippen molar-refractivity contribution in [3.05, 3.63) is 57.6 Å². The standard InChI is InChI=1S/C20H26Cl2N2O2/c1-3-25-19-12-15(13-24-10-6-9-23-2)11-18(22)20(19)26-14-16-7-4-5-8-17(16)21/h4-5,7-8,11-12,23-24H,3,6,9-10,13-14H2,1-2H3. The summed E-state index contributed by atoms with van der Waals surface area (Å²) >= 11 is 12.7. The zero-order valence-corrected chi connectivity index (χ0v) is 16.8. The fraction of sp³-hybridized carbons (Fsp3) is 0.400. The van der Waals surface area contributed by atoms with Crippen molar-refractivity contribution >= 4 is 23.2 Å². The summed E-state index contributed by atoms with van der Waals surface area (Å²) in [5.41, 5.74) is 1.97. The number of benzene rings is 2. The summed E-state index contributed by atoms with van der Waals surface area (Å²) in [6, 6.07) is 11.5. The van der Waals surface area contributed by atoms with Gasteiger partial charge in [0.1, 0.15) is 6.61 Å². The van der Waals surface area contributed by atoms with E-state index in [1.54, 1.807) is 0 Å².